The third-order valence-corrected chi connectivity index (χ3v) is 4.54. The molecule has 114 valence electrons. The number of fused-ring (bicyclic) bond motifs is 1. The first-order valence-corrected chi connectivity index (χ1v) is 8.01. The van der Waals surface area contributed by atoms with E-state index in [9.17, 15) is 4.79 Å². The Hall–Kier alpha value is -1.11. The minimum atomic E-state index is -0.747. The van der Waals surface area contributed by atoms with Crippen LogP contribution < -0.4 is 4.74 Å². The van der Waals surface area contributed by atoms with Crippen LogP contribution in [-0.4, -0.2) is 66.2 Å². The third-order valence-electron chi connectivity index (χ3n) is 4.05. The summed E-state index contributed by atoms with van der Waals surface area (Å²) >= 11 is 3.49. The molecule has 3 rings (SSSR count). The van der Waals surface area contributed by atoms with Gasteiger partial charge in [0.05, 0.1) is 6.54 Å². The molecule has 5 nitrogen and oxygen atoms in total. The molecule has 0 spiro atoms. The maximum atomic E-state index is 10.7. The van der Waals surface area contributed by atoms with Crippen LogP contribution in [0.1, 0.15) is 5.56 Å². The summed E-state index contributed by atoms with van der Waals surface area (Å²) in [5.41, 5.74) is 1.26. The molecule has 6 heteroatoms. The van der Waals surface area contributed by atoms with Crippen molar-refractivity contribution >= 4 is 21.9 Å². The van der Waals surface area contributed by atoms with Gasteiger partial charge in [-0.2, -0.15) is 0 Å². The highest BCUT2D eigenvalue weighted by Gasteiger charge is 2.27. The van der Waals surface area contributed by atoms with E-state index in [0.717, 1.165) is 49.4 Å². The van der Waals surface area contributed by atoms with Gasteiger partial charge in [-0.15, -0.1) is 0 Å². The van der Waals surface area contributed by atoms with Crippen LogP contribution in [0, 0.1) is 0 Å². The molecule has 1 aromatic carbocycles. The molecule has 1 unspecified atom stereocenters. The Morgan fingerprint density at radius 1 is 1.29 bits per heavy atom. The summed E-state index contributed by atoms with van der Waals surface area (Å²) in [5.74, 6) is 0.247. The highest BCUT2D eigenvalue weighted by Crippen LogP contribution is 2.31. The van der Waals surface area contributed by atoms with Crippen LogP contribution in [0.3, 0.4) is 0 Å². The molecule has 2 aliphatic heterocycles. The van der Waals surface area contributed by atoms with Gasteiger partial charge < -0.3 is 9.84 Å². The molecular weight excluding hydrogens is 336 g/mol. The van der Waals surface area contributed by atoms with Crippen molar-refractivity contribution in [3.63, 3.8) is 0 Å². The number of nitrogens with zero attached hydrogens (tertiary/aromatic N) is 2. The van der Waals surface area contributed by atoms with Crippen molar-refractivity contribution in [1.82, 2.24) is 9.80 Å². The number of carboxylic acid groups (broad SMARTS) is 1. The van der Waals surface area contributed by atoms with E-state index in [2.05, 4.69) is 26.9 Å². The molecule has 1 fully saturated rings. The molecule has 0 radical (unpaired) electrons. The van der Waals surface area contributed by atoms with Crippen LogP contribution in [0.25, 0.3) is 0 Å². The first-order chi connectivity index (χ1) is 10.1. The number of aliphatic carboxylic acids is 1. The number of carboxylic acids is 1. The SMILES string of the molecule is O=C(O)CN1CCN(CC2Cc3cc(Br)ccc3O2)CC1. The van der Waals surface area contributed by atoms with Gasteiger partial charge in [0, 0.05) is 43.6 Å². The second kappa shape index (κ2) is 6.34. The first kappa shape index (κ1) is 14.8. The number of rotatable bonds is 4. The number of benzene rings is 1. The Bertz CT molecular complexity index is 530. The number of piperazine rings is 1. The largest absolute Gasteiger partial charge is 0.488 e. The summed E-state index contributed by atoms with van der Waals surface area (Å²) in [6.07, 6.45) is 1.16. The molecule has 1 aromatic rings. The lowest BCUT2D eigenvalue weighted by molar-refractivity contribution is -0.138. The Labute approximate surface area is 132 Å². The molecule has 21 heavy (non-hydrogen) atoms. The molecule has 1 N–H and O–H groups in total. The number of carbonyl (C=O) groups is 1. The monoisotopic (exact) mass is 354 g/mol. The zero-order valence-corrected chi connectivity index (χ0v) is 13.4. The van der Waals surface area contributed by atoms with E-state index in [1.807, 2.05) is 17.0 Å². The van der Waals surface area contributed by atoms with Crippen LogP contribution in [0.5, 0.6) is 5.75 Å². The van der Waals surface area contributed by atoms with Crippen molar-refractivity contribution in [2.45, 2.75) is 12.5 Å². The predicted molar refractivity (Wildman–Crippen MR) is 82.8 cm³/mol. The topological polar surface area (TPSA) is 53.0 Å². The molecule has 0 aliphatic carbocycles. The minimum Gasteiger partial charge on any atom is -0.488 e. The van der Waals surface area contributed by atoms with Crippen molar-refractivity contribution in [3.05, 3.63) is 28.2 Å². The van der Waals surface area contributed by atoms with Gasteiger partial charge in [-0.25, -0.2) is 0 Å². The summed E-state index contributed by atoms with van der Waals surface area (Å²) in [6.45, 7) is 4.51. The van der Waals surface area contributed by atoms with Gasteiger partial charge in [-0.3, -0.25) is 14.6 Å². The summed E-state index contributed by atoms with van der Waals surface area (Å²) in [7, 11) is 0. The summed E-state index contributed by atoms with van der Waals surface area (Å²) in [4.78, 5) is 15.1. The van der Waals surface area contributed by atoms with Crippen molar-refractivity contribution in [3.8, 4) is 5.75 Å². The normalized spacial score (nSPS) is 22.8. The van der Waals surface area contributed by atoms with E-state index in [4.69, 9.17) is 9.84 Å². The lowest BCUT2D eigenvalue weighted by Gasteiger charge is -2.34. The van der Waals surface area contributed by atoms with Crippen LogP contribution in [0.2, 0.25) is 0 Å². The standard InChI is InChI=1S/C15H19BrN2O3/c16-12-1-2-14-11(7-12)8-13(21-14)9-17-3-5-18(6-4-17)10-15(19)20/h1-2,7,13H,3-6,8-10H2,(H,19,20). The molecule has 0 amide bonds. The second-order valence-electron chi connectivity index (χ2n) is 5.67. The van der Waals surface area contributed by atoms with E-state index in [1.54, 1.807) is 0 Å². The molecule has 0 saturated carbocycles. The minimum absolute atomic E-state index is 0.146. The van der Waals surface area contributed by atoms with E-state index >= 15 is 0 Å². The maximum absolute atomic E-state index is 10.7. The quantitative estimate of drug-likeness (QED) is 0.886. The second-order valence-corrected chi connectivity index (χ2v) is 6.58. The lowest BCUT2D eigenvalue weighted by atomic mass is 10.1. The Morgan fingerprint density at radius 2 is 2.00 bits per heavy atom. The van der Waals surface area contributed by atoms with E-state index in [1.165, 1.54) is 5.56 Å². The molecule has 2 heterocycles. The maximum Gasteiger partial charge on any atom is 0.317 e. The van der Waals surface area contributed by atoms with Gasteiger partial charge in [-0.1, -0.05) is 15.9 Å². The van der Waals surface area contributed by atoms with Gasteiger partial charge >= 0.3 is 5.97 Å². The van der Waals surface area contributed by atoms with Gasteiger partial charge in [0.15, 0.2) is 0 Å². The number of ether oxygens (including phenoxy) is 1. The van der Waals surface area contributed by atoms with E-state index in [-0.39, 0.29) is 12.6 Å². The van der Waals surface area contributed by atoms with Gasteiger partial charge in [-0.05, 0) is 23.8 Å². The van der Waals surface area contributed by atoms with Crippen molar-refractivity contribution in [2.24, 2.45) is 0 Å². The molecule has 0 bridgehead atoms. The van der Waals surface area contributed by atoms with Gasteiger partial charge in [0.2, 0.25) is 0 Å². The average Bonchev–Trinajstić information content (AvgIpc) is 2.82. The lowest BCUT2D eigenvalue weighted by Crippen LogP contribution is -2.50. The Kier molecular flexibility index (Phi) is 4.47. The first-order valence-electron chi connectivity index (χ1n) is 7.22. The molecule has 2 aliphatic rings. The van der Waals surface area contributed by atoms with E-state index < -0.39 is 5.97 Å². The molecule has 1 atom stereocenters. The Balaban J connectivity index is 1.48. The fourth-order valence-electron chi connectivity index (χ4n) is 3.00. The smallest absolute Gasteiger partial charge is 0.317 e. The van der Waals surface area contributed by atoms with Crippen molar-refractivity contribution < 1.29 is 14.6 Å². The fraction of sp³-hybridized carbons (Fsp3) is 0.533. The predicted octanol–water partition coefficient (Wildman–Crippen LogP) is 1.45. The summed E-state index contributed by atoms with van der Waals surface area (Å²) in [6, 6.07) is 6.15. The molecular formula is C15H19BrN2O3. The van der Waals surface area contributed by atoms with Crippen molar-refractivity contribution in [2.75, 3.05) is 39.3 Å². The Morgan fingerprint density at radius 3 is 2.71 bits per heavy atom. The van der Waals surface area contributed by atoms with Crippen molar-refractivity contribution in [1.29, 1.82) is 0 Å². The highest BCUT2D eigenvalue weighted by atomic mass is 79.9. The zero-order valence-electron chi connectivity index (χ0n) is 11.8. The number of hydrogen-bond donors (Lipinski definition) is 1. The number of halogens is 1. The highest BCUT2D eigenvalue weighted by molar-refractivity contribution is 9.10. The molecule has 0 aromatic heterocycles. The number of hydrogen-bond acceptors (Lipinski definition) is 4. The van der Waals surface area contributed by atoms with Crippen LogP contribution >= 0.6 is 15.9 Å². The van der Waals surface area contributed by atoms with Crippen LogP contribution in [-0.2, 0) is 11.2 Å². The zero-order chi connectivity index (χ0) is 14.8. The summed E-state index contributed by atoms with van der Waals surface area (Å²) in [5, 5.41) is 8.80. The van der Waals surface area contributed by atoms with Gasteiger partial charge in [0.25, 0.3) is 0 Å². The van der Waals surface area contributed by atoms with Crippen LogP contribution in [0.15, 0.2) is 22.7 Å². The van der Waals surface area contributed by atoms with E-state index in [0.29, 0.717) is 0 Å². The summed E-state index contributed by atoms with van der Waals surface area (Å²) < 4.78 is 7.08. The fourth-order valence-corrected chi connectivity index (χ4v) is 3.41. The van der Waals surface area contributed by atoms with Crippen LogP contribution in [0.4, 0.5) is 0 Å². The molecule has 1 saturated heterocycles. The third kappa shape index (κ3) is 3.75. The average molecular weight is 355 g/mol. The van der Waals surface area contributed by atoms with Gasteiger partial charge in [0.1, 0.15) is 11.9 Å².